The van der Waals surface area contributed by atoms with Crippen molar-refractivity contribution < 1.29 is 9.59 Å². The van der Waals surface area contributed by atoms with Crippen LogP contribution in [0.4, 0.5) is 10.5 Å². The van der Waals surface area contributed by atoms with Gasteiger partial charge in [-0.15, -0.1) is 11.3 Å². The molecule has 2 N–H and O–H groups in total. The monoisotopic (exact) mass is 344 g/mol. The van der Waals surface area contributed by atoms with E-state index in [0.717, 1.165) is 42.2 Å². The summed E-state index contributed by atoms with van der Waals surface area (Å²) in [4.78, 5) is 30.0. The van der Waals surface area contributed by atoms with Crippen LogP contribution in [0.5, 0.6) is 0 Å². The molecule has 1 aliphatic heterocycles. The van der Waals surface area contributed by atoms with Gasteiger partial charge in [0.25, 0.3) is 0 Å². The van der Waals surface area contributed by atoms with Crippen LogP contribution >= 0.6 is 11.3 Å². The lowest BCUT2D eigenvalue weighted by Gasteiger charge is -2.15. The SMILES string of the molecule is Cc1csc(-c2ccc(NC(=O)NCC(=O)N3CCCC3)cc2)n1. The molecule has 126 valence electrons. The third-order valence-corrected chi connectivity index (χ3v) is 4.88. The van der Waals surface area contributed by atoms with Gasteiger partial charge in [-0.2, -0.15) is 0 Å². The number of hydrogen-bond donors (Lipinski definition) is 2. The summed E-state index contributed by atoms with van der Waals surface area (Å²) >= 11 is 1.59. The zero-order valence-corrected chi connectivity index (χ0v) is 14.4. The maximum Gasteiger partial charge on any atom is 0.319 e. The van der Waals surface area contributed by atoms with E-state index in [1.165, 1.54) is 0 Å². The predicted octanol–water partition coefficient (Wildman–Crippen LogP) is 2.86. The highest BCUT2D eigenvalue weighted by atomic mass is 32.1. The Labute approximate surface area is 144 Å². The van der Waals surface area contributed by atoms with E-state index in [0.29, 0.717) is 5.69 Å². The van der Waals surface area contributed by atoms with Crippen molar-refractivity contribution in [1.29, 1.82) is 0 Å². The number of rotatable bonds is 4. The number of amides is 3. The molecular weight excluding hydrogens is 324 g/mol. The molecule has 1 aliphatic rings. The van der Waals surface area contributed by atoms with Gasteiger partial charge < -0.3 is 15.5 Å². The van der Waals surface area contributed by atoms with Crippen molar-refractivity contribution in [3.05, 3.63) is 35.3 Å². The lowest BCUT2D eigenvalue weighted by molar-refractivity contribution is -0.128. The van der Waals surface area contributed by atoms with E-state index in [2.05, 4.69) is 15.6 Å². The van der Waals surface area contributed by atoms with E-state index in [1.54, 1.807) is 16.2 Å². The molecule has 3 rings (SSSR count). The zero-order chi connectivity index (χ0) is 16.9. The van der Waals surface area contributed by atoms with Gasteiger partial charge in [0.2, 0.25) is 5.91 Å². The second-order valence-corrected chi connectivity index (χ2v) is 6.63. The maximum atomic E-state index is 11.9. The smallest absolute Gasteiger partial charge is 0.319 e. The fourth-order valence-corrected chi connectivity index (χ4v) is 3.40. The van der Waals surface area contributed by atoms with Crippen LogP contribution in [-0.2, 0) is 4.79 Å². The molecule has 6 nitrogen and oxygen atoms in total. The number of nitrogens with zero attached hydrogens (tertiary/aromatic N) is 2. The highest BCUT2D eigenvalue weighted by Gasteiger charge is 2.18. The third-order valence-electron chi connectivity index (χ3n) is 3.87. The molecule has 1 aromatic carbocycles. The summed E-state index contributed by atoms with van der Waals surface area (Å²) in [6, 6.07) is 7.12. The van der Waals surface area contributed by atoms with Gasteiger partial charge in [-0.05, 0) is 44.0 Å². The van der Waals surface area contributed by atoms with E-state index in [4.69, 9.17) is 0 Å². The number of aromatic nitrogens is 1. The Morgan fingerprint density at radius 1 is 1.21 bits per heavy atom. The topological polar surface area (TPSA) is 74.3 Å². The number of benzene rings is 1. The summed E-state index contributed by atoms with van der Waals surface area (Å²) in [5.41, 5.74) is 2.70. The number of likely N-dealkylation sites (tertiary alicyclic amines) is 1. The molecule has 0 spiro atoms. The molecule has 3 amide bonds. The van der Waals surface area contributed by atoms with Crippen molar-refractivity contribution in [3.8, 4) is 10.6 Å². The molecular formula is C17H20N4O2S. The summed E-state index contributed by atoms with van der Waals surface area (Å²) in [5.74, 6) is -0.0304. The summed E-state index contributed by atoms with van der Waals surface area (Å²) in [6.45, 7) is 3.58. The minimum absolute atomic E-state index is 0.0301. The van der Waals surface area contributed by atoms with E-state index in [9.17, 15) is 9.59 Å². The second kappa shape index (κ2) is 7.44. The van der Waals surface area contributed by atoms with Gasteiger partial charge in [-0.1, -0.05) is 0 Å². The molecule has 0 saturated carbocycles. The highest BCUT2D eigenvalue weighted by Crippen LogP contribution is 2.24. The molecule has 2 heterocycles. The molecule has 24 heavy (non-hydrogen) atoms. The zero-order valence-electron chi connectivity index (χ0n) is 13.5. The van der Waals surface area contributed by atoms with E-state index in [1.807, 2.05) is 36.6 Å². The lowest BCUT2D eigenvalue weighted by Crippen LogP contribution is -2.40. The van der Waals surface area contributed by atoms with Crippen LogP contribution in [0, 0.1) is 6.92 Å². The van der Waals surface area contributed by atoms with Gasteiger partial charge in [-0.25, -0.2) is 9.78 Å². The Kier molecular flexibility index (Phi) is 5.10. The van der Waals surface area contributed by atoms with Gasteiger partial charge in [-0.3, -0.25) is 4.79 Å². The minimum Gasteiger partial charge on any atom is -0.341 e. The standard InChI is InChI=1S/C17H20N4O2S/c1-12-11-24-16(19-12)13-4-6-14(7-5-13)20-17(23)18-10-15(22)21-8-2-3-9-21/h4-7,11H,2-3,8-10H2,1H3,(H2,18,20,23). The highest BCUT2D eigenvalue weighted by molar-refractivity contribution is 7.13. The number of anilines is 1. The number of aryl methyl sites for hydroxylation is 1. The number of thiazole rings is 1. The quantitative estimate of drug-likeness (QED) is 0.895. The lowest BCUT2D eigenvalue weighted by atomic mass is 10.2. The molecule has 0 unspecified atom stereocenters. The van der Waals surface area contributed by atoms with Crippen molar-refractivity contribution in [2.24, 2.45) is 0 Å². The Hall–Kier alpha value is -2.41. The average Bonchev–Trinajstić information content (AvgIpc) is 3.25. The second-order valence-electron chi connectivity index (χ2n) is 5.77. The van der Waals surface area contributed by atoms with Gasteiger partial charge in [0.15, 0.2) is 0 Å². The maximum absolute atomic E-state index is 11.9. The fraction of sp³-hybridized carbons (Fsp3) is 0.353. The van der Waals surface area contributed by atoms with E-state index >= 15 is 0 Å². The number of carbonyl (C=O) groups is 2. The first-order valence-corrected chi connectivity index (χ1v) is 8.85. The van der Waals surface area contributed by atoms with Gasteiger partial charge in [0.1, 0.15) is 5.01 Å². The molecule has 0 atom stereocenters. The number of nitrogens with one attached hydrogen (secondary N) is 2. The van der Waals surface area contributed by atoms with Crippen molar-refractivity contribution in [2.45, 2.75) is 19.8 Å². The normalized spacial score (nSPS) is 13.8. The molecule has 1 aromatic heterocycles. The Bertz CT molecular complexity index is 720. The molecule has 2 aromatic rings. The van der Waals surface area contributed by atoms with Crippen molar-refractivity contribution in [1.82, 2.24) is 15.2 Å². The van der Waals surface area contributed by atoms with Crippen LogP contribution in [0.3, 0.4) is 0 Å². The molecule has 0 radical (unpaired) electrons. The molecule has 0 aliphatic carbocycles. The van der Waals surface area contributed by atoms with Crippen molar-refractivity contribution in [2.75, 3.05) is 25.0 Å². The number of hydrogen-bond acceptors (Lipinski definition) is 4. The van der Waals surface area contributed by atoms with Crippen LogP contribution in [0.25, 0.3) is 10.6 Å². The third kappa shape index (κ3) is 4.11. The Morgan fingerprint density at radius 2 is 1.92 bits per heavy atom. The average molecular weight is 344 g/mol. The summed E-state index contributed by atoms with van der Waals surface area (Å²) in [6.07, 6.45) is 2.09. The van der Waals surface area contributed by atoms with E-state index in [-0.39, 0.29) is 18.5 Å². The van der Waals surface area contributed by atoms with Crippen LogP contribution in [-0.4, -0.2) is 41.5 Å². The summed E-state index contributed by atoms with van der Waals surface area (Å²) < 4.78 is 0. The Balaban J connectivity index is 1.50. The van der Waals surface area contributed by atoms with Crippen LogP contribution in [0.2, 0.25) is 0 Å². The Morgan fingerprint density at radius 3 is 2.54 bits per heavy atom. The first-order chi connectivity index (χ1) is 11.6. The minimum atomic E-state index is -0.375. The predicted molar refractivity (Wildman–Crippen MR) is 95.1 cm³/mol. The molecule has 1 fully saturated rings. The molecule has 1 saturated heterocycles. The van der Waals surface area contributed by atoms with Crippen molar-refractivity contribution in [3.63, 3.8) is 0 Å². The first-order valence-electron chi connectivity index (χ1n) is 7.97. The number of urea groups is 1. The molecule has 0 bridgehead atoms. The van der Waals surface area contributed by atoms with Crippen LogP contribution < -0.4 is 10.6 Å². The van der Waals surface area contributed by atoms with Gasteiger partial charge in [0, 0.05) is 35.4 Å². The molecule has 7 heteroatoms. The van der Waals surface area contributed by atoms with Crippen LogP contribution in [0.15, 0.2) is 29.6 Å². The van der Waals surface area contributed by atoms with Gasteiger partial charge >= 0.3 is 6.03 Å². The first kappa shape index (κ1) is 16.4. The summed E-state index contributed by atoms with van der Waals surface area (Å²) in [5, 5.41) is 8.30. The van der Waals surface area contributed by atoms with Crippen LogP contribution in [0.1, 0.15) is 18.5 Å². The van der Waals surface area contributed by atoms with Crippen molar-refractivity contribution >= 4 is 29.0 Å². The fourth-order valence-electron chi connectivity index (χ4n) is 2.59. The summed E-state index contributed by atoms with van der Waals surface area (Å²) in [7, 11) is 0. The number of carbonyl (C=O) groups excluding carboxylic acids is 2. The van der Waals surface area contributed by atoms with Gasteiger partial charge in [0.05, 0.1) is 6.54 Å². The van der Waals surface area contributed by atoms with E-state index < -0.39 is 0 Å². The largest absolute Gasteiger partial charge is 0.341 e.